The average Bonchev–Trinajstić information content (AvgIpc) is 3.36. The van der Waals surface area contributed by atoms with Crippen LogP contribution in [0.5, 0.6) is 17.2 Å². The lowest BCUT2D eigenvalue weighted by atomic mass is 10.1. The summed E-state index contributed by atoms with van der Waals surface area (Å²) in [4.78, 5) is 36.9. The van der Waals surface area contributed by atoms with Gasteiger partial charge < -0.3 is 30.7 Å². The van der Waals surface area contributed by atoms with Crippen molar-refractivity contribution in [2.24, 2.45) is 0 Å². The van der Waals surface area contributed by atoms with E-state index in [2.05, 4.69) is 15.6 Å². The molecule has 1 amide bonds. The number of aryl methyl sites for hydroxylation is 1. The molecule has 2 aromatic carbocycles. The molecule has 1 atom stereocenters. The van der Waals surface area contributed by atoms with Gasteiger partial charge in [-0.2, -0.15) is 0 Å². The molecular formula is C24H25N3O7. The Labute approximate surface area is 195 Å². The number of carboxylic acid groups (broad SMARTS) is 2. The number of ether oxygens (including phenoxy) is 1. The molecule has 34 heavy (non-hydrogen) atoms. The molecule has 1 aromatic heterocycles. The van der Waals surface area contributed by atoms with Crippen LogP contribution >= 0.6 is 0 Å². The van der Waals surface area contributed by atoms with E-state index in [9.17, 15) is 19.5 Å². The van der Waals surface area contributed by atoms with Crippen LogP contribution in [0.3, 0.4) is 0 Å². The molecule has 10 nitrogen and oxygen atoms in total. The summed E-state index contributed by atoms with van der Waals surface area (Å²) >= 11 is 0. The van der Waals surface area contributed by atoms with Crippen LogP contribution in [-0.2, 0) is 9.59 Å². The molecule has 0 radical (unpaired) electrons. The lowest BCUT2D eigenvalue weighted by Crippen LogP contribution is -2.30. The number of rotatable bonds is 6. The second-order valence-corrected chi connectivity index (χ2v) is 7.58. The number of fused-ring (bicyclic) bond motifs is 1. The van der Waals surface area contributed by atoms with E-state index in [4.69, 9.17) is 14.9 Å². The van der Waals surface area contributed by atoms with Crippen LogP contribution in [0, 0.1) is 6.92 Å². The Kier molecular flexibility index (Phi) is 7.99. The molecule has 3 aromatic rings. The summed E-state index contributed by atoms with van der Waals surface area (Å²) in [5, 5.41) is 33.5. The standard InChI is InChI=1S/C19H16N2O5.C5H9NO2/c1-11-15-9-13(26-12-5-3-2-4-6-12)7-8-14(15)18(24)17(21-11)19(25)20-10-16(22)23;7-5(8)4-2-1-3-6-4/h2-9,24H,10H2,1H3,(H,20,25)(H,22,23);4,6H,1-3H2,(H,7,8)/t;4-/m.0/s1. The molecule has 10 heteroatoms. The van der Waals surface area contributed by atoms with Gasteiger partial charge in [0.25, 0.3) is 5.91 Å². The summed E-state index contributed by atoms with van der Waals surface area (Å²) in [6.45, 7) is 2.00. The van der Waals surface area contributed by atoms with E-state index in [1.54, 1.807) is 25.1 Å². The fourth-order valence-corrected chi connectivity index (χ4v) is 3.42. The van der Waals surface area contributed by atoms with E-state index in [0.29, 0.717) is 28.0 Å². The summed E-state index contributed by atoms with van der Waals surface area (Å²) in [6, 6.07) is 14.0. The number of amides is 1. The van der Waals surface area contributed by atoms with E-state index in [1.807, 2.05) is 30.3 Å². The first-order valence-corrected chi connectivity index (χ1v) is 10.6. The average molecular weight is 467 g/mol. The first-order chi connectivity index (χ1) is 16.3. The summed E-state index contributed by atoms with van der Waals surface area (Å²) in [7, 11) is 0. The maximum atomic E-state index is 12.1. The third-order valence-electron chi connectivity index (χ3n) is 5.09. The van der Waals surface area contributed by atoms with Crippen molar-refractivity contribution in [3.05, 3.63) is 59.9 Å². The number of aromatic hydroxyl groups is 1. The second kappa shape index (κ2) is 11.1. The van der Waals surface area contributed by atoms with Gasteiger partial charge in [-0.15, -0.1) is 0 Å². The van der Waals surface area contributed by atoms with E-state index in [0.717, 1.165) is 19.4 Å². The number of aliphatic carboxylic acids is 2. The lowest BCUT2D eigenvalue weighted by molar-refractivity contribution is -0.139. The number of benzene rings is 2. The van der Waals surface area contributed by atoms with Crippen molar-refractivity contribution in [2.45, 2.75) is 25.8 Å². The number of hydrogen-bond acceptors (Lipinski definition) is 7. The number of para-hydroxylation sites is 1. The van der Waals surface area contributed by atoms with E-state index >= 15 is 0 Å². The summed E-state index contributed by atoms with van der Waals surface area (Å²) in [6.07, 6.45) is 1.78. The number of nitrogens with one attached hydrogen (secondary N) is 2. The first-order valence-electron chi connectivity index (χ1n) is 10.6. The highest BCUT2D eigenvalue weighted by Crippen LogP contribution is 2.33. The van der Waals surface area contributed by atoms with Gasteiger partial charge in [0.05, 0.1) is 0 Å². The number of hydrogen-bond donors (Lipinski definition) is 5. The van der Waals surface area contributed by atoms with Gasteiger partial charge in [0, 0.05) is 16.5 Å². The van der Waals surface area contributed by atoms with Crippen LogP contribution < -0.4 is 15.4 Å². The van der Waals surface area contributed by atoms with Crippen molar-refractivity contribution in [3.63, 3.8) is 0 Å². The van der Waals surface area contributed by atoms with Crippen LogP contribution in [0.1, 0.15) is 29.0 Å². The van der Waals surface area contributed by atoms with Crippen molar-refractivity contribution in [3.8, 4) is 17.2 Å². The normalized spacial score (nSPS) is 14.7. The van der Waals surface area contributed by atoms with Gasteiger partial charge in [-0.1, -0.05) is 18.2 Å². The zero-order valence-electron chi connectivity index (χ0n) is 18.4. The Bertz CT molecular complexity index is 1190. The molecule has 1 saturated heterocycles. The highest BCUT2D eigenvalue weighted by Gasteiger charge is 2.20. The predicted molar refractivity (Wildman–Crippen MR) is 123 cm³/mol. The van der Waals surface area contributed by atoms with Crippen LogP contribution in [0.4, 0.5) is 0 Å². The molecule has 1 aliphatic heterocycles. The number of nitrogens with zero attached hydrogens (tertiary/aromatic N) is 1. The fraction of sp³-hybridized carbons (Fsp3) is 0.250. The molecule has 0 unspecified atom stereocenters. The Hall–Kier alpha value is -4.18. The SMILES string of the molecule is Cc1nc(C(=O)NCC(=O)O)c(O)c2ccc(Oc3ccccc3)cc12.O=C(O)[C@@H]1CCCN1. The van der Waals surface area contributed by atoms with Crippen molar-refractivity contribution in [1.82, 2.24) is 15.6 Å². The van der Waals surface area contributed by atoms with Gasteiger partial charge >= 0.3 is 11.9 Å². The maximum absolute atomic E-state index is 12.1. The van der Waals surface area contributed by atoms with Gasteiger partial charge in [0.15, 0.2) is 11.4 Å². The van der Waals surface area contributed by atoms with E-state index in [-0.39, 0.29) is 17.5 Å². The Balaban J connectivity index is 0.000000343. The van der Waals surface area contributed by atoms with Crippen LogP contribution in [0.25, 0.3) is 10.8 Å². The third-order valence-corrected chi connectivity index (χ3v) is 5.09. The highest BCUT2D eigenvalue weighted by atomic mass is 16.5. The molecule has 1 aliphatic rings. The predicted octanol–water partition coefficient (Wildman–Crippen LogP) is 2.68. The fourth-order valence-electron chi connectivity index (χ4n) is 3.42. The second-order valence-electron chi connectivity index (χ2n) is 7.58. The minimum Gasteiger partial charge on any atom is -0.505 e. The summed E-state index contributed by atoms with van der Waals surface area (Å²) < 4.78 is 5.77. The quantitative estimate of drug-likeness (QED) is 0.367. The highest BCUT2D eigenvalue weighted by molar-refractivity contribution is 6.03. The van der Waals surface area contributed by atoms with Crippen LogP contribution in [0.15, 0.2) is 48.5 Å². The third kappa shape index (κ3) is 6.20. The molecule has 178 valence electrons. The van der Waals surface area contributed by atoms with Gasteiger partial charge in [0.2, 0.25) is 0 Å². The monoisotopic (exact) mass is 467 g/mol. The van der Waals surface area contributed by atoms with Gasteiger partial charge in [-0.05, 0) is 56.6 Å². The molecule has 4 rings (SSSR count). The van der Waals surface area contributed by atoms with E-state index in [1.165, 1.54) is 0 Å². The van der Waals surface area contributed by atoms with Crippen LogP contribution in [0.2, 0.25) is 0 Å². The molecular weight excluding hydrogens is 442 g/mol. The van der Waals surface area contributed by atoms with Crippen molar-refractivity contribution < 1.29 is 34.4 Å². The number of aromatic nitrogens is 1. The van der Waals surface area contributed by atoms with Crippen molar-refractivity contribution in [1.29, 1.82) is 0 Å². The molecule has 1 fully saturated rings. The van der Waals surface area contributed by atoms with Crippen LogP contribution in [-0.4, -0.2) is 57.3 Å². The summed E-state index contributed by atoms with van der Waals surface area (Å²) in [5.41, 5.74) is 0.296. The molecule has 0 bridgehead atoms. The molecule has 0 spiro atoms. The number of carbonyl (C=O) groups excluding carboxylic acids is 1. The lowest BCUT2D eigenvalue weighted by Gasteiger charge is -2.12. The zero-order valence-corrected chi connectivity index (χ0v) is 18.4. The van der Waals surface area contributed by atoms with E-state index < -0.39 is 24.4 Å². The number of carboxylic acids is 2. The zero-order chi connectivity index (χ0) is 24.7. The molecule has 0 saturated carbocycles. The first kappa shape index (κ1) is 24.5. The Morgan fingerprint density at radius 1 is 1.09 bits per heavy atom. The smallest absolute Gasteiger partial charge is 0.322 e. The molecule has 2 heterocycles. The van der Waals surface area contributed by atoms with Crippen molar-refractivity contribution in [2.75, 3.05) is 13.1 Å². The number of pyridine rings is 1. The van der Waals surface area contributed by atoms with Gasteiger partial charge in [-0.25, -0.2) is 4.98 Å². The topological polar surface area (TPSA) is 158 Å². The minimum atomic E-state index is -1.18. The minimum absolute atomic E-state index is 0.215. The molecule has 0 aliphatic carbocycles. The molecule has 5 N–H and O–H groups in total. The van der Waals surface area contributed by atoms with Gasteiger partial charge in [0.1, 0.15) is 24.1 Å². The number of carbonyl (C=O) groups is 3. The summed E-state index contributed by atoms with van der Waals surface area (Å²) in [5.74, 6) is -1.72. The van der Waals surface area contributed by atoms with Crippen molar-refractivity contribution >= 4 is 28.6 Å². The largest absolute Gasteiger partial charge is 0.505 e. The Morgan fingerprint density at radius 2 is 1.82 bits per heavy atom. The Morgan fingerprint density at radius 3 is 2.41 bits per heavy atom. The maximum Gasteiger partial charge on any atom is 0.322 e. The van der Waals surface area contributed by atoms with Gasteiger partial charge in [-0.3, -0.25) is 14.4 Å².